The Morgan fingerprint density at radius 2 is 1.50 bits per heavy atom. The molecule has 0 aromatic rings. The summed E-state index contributed by atoms with van der Waals surface area (Å²) >= 11 is 0. The lowest BCUT2D eigenvalue weighted by Crippen LogP contribution is -2.30. The maximum absolute atomic E-state index is 10.8. The van der Waals surface area contributed by atoms with Crippen LogP contribution >= 0.6 is 0 Å². The van der Waals surface area contributed by atoms with E-state index in [0.29, 0.717) is 24.7 Å². The third-order valence-corrected chi connectivity index (χ3v) is 3.78. The highest BCUT2D eigenvalue weighted by atomic mass is 32.2. The van der Waals surface area contributed by atoms with Gasteiger partial charge in [0.2, 0.25) is 0 Å². The second-order valence-corrected chi connectivity index (χ2v) is 5.75. The minimum atomic E-state index is -3.79. The minimum absolute atomic E-state index is 0.417. The zero-order valence-electron chi connectivity index (χ0n) is 7.53. The zero-order chi connectivity index (χ0) is 9.35. The molecule has 1 aliphatic rings. The first-order chi connectivity index (χ1) is 5.39. The summed E-state index contributed by atoms with van der Waals surface area (Å²) in [6.45, 7) is 4.07. The van der Waals surface area contributed by atoms with Gasteiger partial charge in [-0.05, 0) is 31.1 Å². The molecule has 0 amide bonds. The molecule has 1 aliphatic carbocycles. The fourth-order valence-corrected chi connectivity index (χ4v) is 3.26. The summed E-state index contributed by atoms with van der Waals surface area (Å²) in [6, 6.07) is 0. The molecule has 2 atom stereocenters. The van der Waals surface area contributed by atoms with E-state index in [1.807, 2.05) is 13.8 Å². The molecule has 0 bridgehead atoms. The molecule has 1 saturated carbocycles. The van der Waals surface area contributed by atoms with E-state index in [1.54, 1.807) is 0 Å². The molecule has 0 spiro atoms. The van der Waals surface area contributed by atoms with Gasteiger partial charge >= 0.3 is 0 Å². The Morgan fingerprint density at radius 1 is 1.08 bits per heavy atom. The van der Waals surface area contributed by atoms with Crippen LogP contribution in [0.15, 0.2) is 0 Å². The first-order valence-electron chi connectivity index (χ1n) is 4.36. The average molecular weight is 192 g/mol. The van der Waals surface area contributed by atoms with Crippen molar-refractivity contribution in [3.63, 3.8) is 0 Å². The van der Waals surface area contributed by atoms with Gasteiger partial charge in [-0.2, -0.15) is 8.42 Å². The number of rotatable bonds is 1. The van der Waals surface area contributed by atoms with Crippen molar-refractivity contribution in [3.8, 4) is 0 Å². The first-order valence-corrected chi connectivity index (χ1v) is 5.86. The van der Waals surface area contributed by atoms with Crippen molar-refractivity contribution in [3.05, 3.63) is 0 Å². The summed E-state index contributed by atoms with van der Waals surface area (Å²) in [6.07, 6.45) is 2.30. The van der Waals surface area contributed by atoms with Gasteiger partial charge in [-0.25, -0.2) is 0 Å². The molecule has 1 fully saturated rings. The van der Waals surface area contributed by atoms with E-state index in [-0.39, 0.29) is 0 Å². The molecule has 4 heteroatoms. The van der Waals surface area contributed by atoms with Gasteiger partial charge in [-0.3, -0.25) is 4.55 Å². The summed E-state index contributed by atoms with van der Waals surface area (Å²) in [5.74, 6) is 0.835. The molecule has 0 aliphatic heterocycles. The van der Waals surface area contributed by atoms with Gasteiger partial charge in [0.1, 0.15) is 0 Å². The van der Waals surface area contributed by atoms with Crippen LogP contribution in [0.2, 0.25) is 0 Å². The molecular formula is C8H16O3S. The Bertz CT molecular complexity index is 235. The molecule has 1 N–H and O–H groups in total. The fourth-order valence-electron chi connectivity index (χ4n) is 2.12. The predicted octanol–water partition coefficient (Wildman–Crippen LogP) is 1.70. The standard InChI is InChI=1S/C8H16O3S/c1-6-3-7(2)5-8(4-6)12(9,10)11/h6-8H,3-5H2,1-2H3,(H,9,10,11). The second kappa shape index (κ2) is 3.34. The maximum Gasteiger partial charge on any atom is 0.267 e. The van der Waals surface area contributed by atoms with Gasteiger partial charge in [0.15, 0.2) is 0 Å². The highest BCUT2D eigenvalue weighted by molar-refractivity contribution is 7.86. The molecular weight excluding hydrogens is 176 g/mol. The summed E-state index contributed by atoms with van der Waals surface area (Å²) < 4.78 is 30.5. The summed E-state index contributed by atoms with van der Waals surface area (Å²) in [7, 11) is -3.79. The van der Waals surface area contributed by atoms with Gasteiger partial charge in [0.05, 0.1) is 5.25 Å². The lowest BCUT2D eigenvalue weighted by Gasteiger charge is -2.29. The molecule has 0 heterocycles. The second-order valence-electron chi connectivity index (χ2n) is 4.05. The van der Waals surface area contributed by atoms with Crippen LogP contribution < -0.4 is 0 Å². The average Bonchev–Trinajstić information content (AvgIpc) is 1.82. The minimum Gasteiger partial charge on any atom is -0.285 e. The van der Waals surface area contributed by atoms with Crippen molar-refractivity contribution >= 4 is 10.1 Å². The number of hydrogen-bond acceptors (Lipinski definition) is 2. The molecule has 2 unspecified atom stereocenters. The molecule has 0 saturated heterocycles. The van der Waals surface area contributed by atoms with Gasteiger partial charge in [0.25, 0.3) is 10.1 Å². The Kier molecular flexibility index (Phi) is 2.78. The summed E-state index contributed by atoms with van der Waals surface area (Å²) in [5, 5.41) is -0.517. The molecule has 12 heavy (non-hydrogen) atoms. The topological polar surface area (TPSA) is 54.4 Å². The van der Waals surface area contributed by atoms with Crippen LogP contribution in [0.3, 0.4) is 0 Å². The SMILES string of the molecule is CC1CC(C)CC(S(=O)(=O)O)C1. The Hall–Kier alpha value is -0.0900. The van der Waals surface area contributed by atoms with E-state index >= 15 is 0 Å². The number of hydrogen-bond donors (Lipinski definition) is 1. The fraction of sp³-hybridized carbons (Fsp3) is 1.00. The molecule has 1 rings (SSSR count). The molecule has 3 nitrogen and oxygen atoms in total. The van der Waals surface area contributed by atoms with Crippen molar-refractivity contribution in [1.29, 1.82) is 0 Å². The highest BCUT2D eigenvalue weighted by Gasteiger charge is 2.31. The van der Waals surface area contributed by atoms with Gasteiger partial charge in [0, 0.05) is 0 Å². The van der Waals surface area contributed by atoms with Crippen molar-refractivity contribution in [1.82, 2.24) is 0 Å². The van der Waals surface area contributed by atoms with Crippen molar-refractivity contribution < 1.29 is 13.0 Å². The van der Waals surface area contributed by atoms with Gasteiger partial charge in [-0.1, -0.05) is 13.8 Å². The largest absolute Gasteiger partial charge is 0.285 e. The maximum atomic E-state index is 10.8. The summed E-state index contributed by atoms with van der Waals surface area (Å²) in [4.78, 5) is 0. The van der Waals surface area contributed by atoms with Gasteiger partial charge in [-0.15, -0.1) is 0 Å². The molecule has 0 radical (unpaired) electrons. The first kappa shape index (κ1) is 9.99. The van der Waals surface area contributed by atoms with Gasteiger partial charge < -0.3 is 0 Å². The Morgan fingerprint density at radius 3 is 1.83 bits per heavy atom. The van der Waals surface area contributed by atoms with E-state index in [0.717, 1.165) is 6.42 Å². The van der Waals surface area contributed by atoms with E-state index in [1.165, 1.54) is 0 Å². The van der Waals surface area contributed by atoms with Crippen molar-refractivity contribution in [2.24, 2.45) is 11.8 Å². The normalized spacial score (nSPS) is 38.1. The smallest absolute Gasteiger partial charge is 0.267 e. The van der Waals surface area contributed by atoms with Crippen LogP contribution in [0.4, 0.5) is 0 Å². The van der Waals surface area contributed by atoms with Crippen LogP contribution in [0.5, 0.6) is 0 Å². The van der Waals surface area contributed by atoms with Crippen LogP contribution in [-0.4, -0.2) is 18.2 Å². The highest BCUT2D eigenvalue weighted by Crippen LogP contribution is 2.31. The van der Waals surface area contributed by atoms with E-state index in [2.05, 4.69) is 0 Å². The quantitative estimate of drug-likeness (QED) is 0.643. The zero-order valence-corrected chi connectivity index (χ0v) is 8.34. The Balaban J connectivity index is 2.68. The lowest BCUT2D eigenvalue weighted by molar-refractivity contribution is 0.291. The summed E-state index contributed by atoms with van der Waals surface area (Å²) in [5.41, 5.74) is 0. The van der Waals surface area contributed by atoms with Crippen LogP contribution in [0.25, 0.3) is 0 Å². The van der Waals surface area contributed by atoms with Crippen LogP contribution in [0, 0.1) is 11.8 Å². The molecule has 0 aromatic heterocycles. The van der Waals surface area contributed by atoms with Crippen LogP contribution in [-0.2, 0) is 10.1 Å². The lowest BCUT2D eigenvalue weighted by atomic mass is 9.83. The predicted molar refractivity (Wildman–Crippen MR) is 47.5 cm³/mol. The third kappa shape index (κ3) is 2.45. The van der Waals surface area contributed by atoms with E-state index in [9.17, 15) is 8.42 Å². The molecule has 0 aromatic carbocycles. The van der Waals surface area contributed by atoms with Crippen molar-refractivity contribution in [2.45, 2.75) is 38.4 Å². The van der Waals surface area contributed by atoms with E-state index in [4.69, 9.17) is 4.55 Å². The Labute approximate surface area is 73.9 Å². The third-order valence-electron chi connectivity index (χ3n) is 2.56. The monoisotopic (exact) mass is 192 g/mol. The molecule has 72 valence electrons. The van der Waals surface area contributed by atoms with E-state index < -0.39 is 15.4 Å². The van der Waals surface area contributed by atoms with Crippen LogP contribution in [0.1, 0.15) is 33.1 Å². The van der Waals surface area contributed by atoms with Crippen molar-refractivity contribution in [2.75, 3.05) is 0 Å².